The molecule has 0 radical (unpaired) electrons. The summed E-state index contributed by atoms with van der Waals surface area (Å²) in [5.41, 5.74) is 10.3. The predicted octanol–water partition coefficient (Wildman–Crippen LogP) is 10.3. The molecule has 0 saturated heterocycles. The molecule has 0 amide bonds. The molecular formula is C46H31N5O. The summed E-state index contributed by atoms with van der Waals surface area (Å²) in [5, 5.41) is 0. The lowest BCUT2D eigenvalue weighted by molar-refractivity contribution is 0.931. The molecule has 52 heavy (non-hydrogen) atoms. The molecule has 0 atom stereocenters. The number of rotatable bonds is 7. The van der Waals surface area contributed by atoms with E-state index in [9.17, 15) is 4.79 Å². The van der Waals surface area contributed by atoms with Gasteiger partial charge < -0.3 is 0 Å². The first-order valence-corrected chi connectivity index (χ1v) is 17.2. The summed E-state index contributed by atoms with van der Waals surface area (Å²) in [6.07, 6.45) is 0. The molecular weight excluding hydrogens is 639 g/mol. The maximum absolute atomic E-state index is 13.9. The number of hydrogen-bond donors (Lipinski definition) is 0. The molecule has 2 aromatic heterocycles. The molecule has 246 valence electrons. The van der Waals surface area contributed by atoms with Crippen LogP contribution in [0.1, 0.15) is 0 Å². The number of benzene rings is 7. The topological polar surface area (TPSA) is 65.6 Å². The fraction of sp³-hybridized carbons (Fsp3) is 0. The standard InChI is InChI=1S/C46H31N5O/c52-46-50(39-17-9-3-10-18-39)41-30-29-38(31-42(41)51(46)40-19-11-4-12-20-40)34-23-21-32(22-24-34)33-25-27-37(28-26-33)45-48-43(35-13-5-1-6-14-35)47-44(49-45)36-15-7-2-8-16-36/h1-31H. The van der Waals surface area contributed by atoms with Crippen LogP contribution < -0.4 is 5.69 Å². The quantitative estimate of drug-likeness (QED) is 0.169. The number of nitrogens with zero attached hydrogens (tertiary/aromatic N) is 5. The van der Waals surface area contributed by atoms with E-state index in [2.05, 4.69) is 60.7 Å². The van der Waals surface area contributed by atoms with Crippen LogP contribution >= 0.6 is 0 Å². The second-order valence-electron chi connectivity index (χ2n) is 12.5. The van der Waals surface area contributed by atoms with Gasteiger partial charge in [0.1, 0.15) is 0 Å². The van der Waals surface area contributed by atoms with Crippen LogP contribution in [0.4, 0.5) is 0 Å². The summed E-state index contributed by atoms with van der Waals surface area (Å²) >= 11 is 0. The largest absolute Gasteiger partial charge is 0.338 e. The van der Waals surface area contributed by atoms with E-state index < -0.39 is 0 Å². The van der Waals surface area contributed by atoms with Crippen molar-refractivity contribution in [2.45, 2.75) is 0 Å². The first-order valence-electron chi connectivity index (χ1n) is 17.2. The minimum atomic E-state index is -0.104. The summed E-state index contributed by atoms with van der Waals surface area (Å²) in [5.74, 6) is 1.90. The Morgan fingerprint density at radius 3 is 1.08 bits per heavy atom. The number of para-hydroxylation sites is 2. The van der Waals surface area contributed by atoms with E-state index in [0.29, 0.717) is 17.5 Å². The summed E-state index contributed by atoms with van der Waals surface area (Å²) in [6.45, 7) is 0. The van der Waals surface area contributed by atoms with Crippen molar-refractivity contribution in [3.63, 3.8) is 0 Å². The second kappa shape index (κ2) is 13.3. The zero-order chi connectivity index (χ0) is 34.9. The number of hydrogen-bond acceptors (Lipinski definition) is 4. The Morgan fingerprint density at radius 1 is 0.308 bits per heavy atom. The van der Waals surface area contributed by atoms with Gasteiger partial charge in [-0.05, 0) is 58.7 Å². The molecule has 0 aliphatic heterocycles. The Kier molecular flexibility index (Phi) is 7.87. The molecule has 0 saturated carbocycles. The normalized spacial score (nSPS) is 11.2. The molecule has 6 heteroatoms. The number of imidazole rings is 1. The maximum Gasteiger partial charge on any atom is 0.338 e. The van der Waals surface area contributed by atoms with Crippen molar-refractivity contribution in [2.75, 3.05) is 0 Å². The zero-order valence-corrected chi connectivity index (χ0v) is 28.0. The highest BCUT2D eigenvalue weighted by atomic mass is 16.1. The lowest BCUT2D eigenvalue weighted by atomic mass is 9.99. The summed E-state index contributed by atoms with van der Waals surface area (Å²) < 4.78 is 3.57. The van der Waals surface area contributed by atoms with Crippen LogP contribution in [-0.4, -0.2) is 24.1 Å². The van der Waals surface area contributed by atoms with Crippen LogP contribution in [0.25, 0.3) is 78.8 Å². The van der Waals surface area contributed by atoms with E-state index in [1.165, 1.54) is 0 Å². The highest BCUT2D eigenvalue weighted by Crippen LogP contribution is 2.31. The fourth-order valence-electron chi connectivity index (χ4n) is 6.64. The van der Waals surface area contributed by atoms with E-state index in [4.69, 9.17) is 15.0 Å². The van der Waals surface area contributed by atoms with Gasteiger partial charge in [-0.25, -0.2) is 19.7 Å². The maximum atomic E-state index is 13.9. The Hall–Kier alpha value is -7.18. The van der Waals surface area contributed by atoms with Crippen LogP contribution in [0, 0.1) is 0 Å². The van der Waals surface area contributed by atoms with Crippen LogP contribution in [0.3, 0.4) is 0 Å². The van der Waals surface area contributed by atoms with Crippen molar-refractivity contribution in [1.29, 1.82) is 0 Å². The van der Waals surface area contributed by atoms with Crippen molar-refractivity contribution in [2.24, 2.45) is 0 Å². The van der Waals surface area contributed by atoms with Gasteiger partial charge in [-0.2, -0.15) is 0 Å². The Morgan fingerprint density at radius 2 is 0.635 bits per heavy atom. The lowest BCUT2D eigenvalue weighted by Gasteiger charge is -2.10. The average molecular weight is 670 g/mol. The summed E-state index contributed by atoms with van der Waals surface area (Å²) in [6, 6.07) is 62.7. The highest BCUT2D eigenvalue weighted by molar-refractivity contribution is 5.86. The van der Waals surface area contributed by atoms with Crippen LogP contribution in [0.15, 0.2) is 193 Å². The molecule has 2 heterocycles. The predicted molar refractivity (Wildman–Crippen MR) is 209 cm³/mol. The lowest BCUT2D eigenvalue weighted by Crippen LogP contribution is -2.21. The van der Waals surface area contributed by atoms with Crippen molar-refractivity contribution in [3.05, 3.63) is 199 Å². The molecule has 6 nitrogen and oxygen atoms in total. The third-order valence-electron chi connectivity index (χ3n) is 9.26. The molecule has 9 aromatic rings. The van der Waals surface area contributed by atoms with Gasteiger partial charge in [0.05, 0.1) is 22.4 Å². The fourth-order valence-corrected chi connectivity index (χ4v) is 6.64. The van der Waals surface area contributed by atoms with Crippen LogP contribution in [-0.2, 0) is 0 Å². The van der Waals surface area contributed by atoms with E-state index >= 15 is 0 Å². The van der Waals surface area contributed by atoms with Gasteiger partial charge in [-0.3, -0.25) is 9.13 Å². The van der Waals surface area contributed by atoms with Gasteiger partial charge in [-0.1, -0.05) is 152 Å². The Balaban J connectivity index is 1.05. The molecule has 0 spiro atoms. The second-order valence-corrected chi connectivity index (χ2v) is 12.5. The van der Waals surface area contributed by atoms with Crippen LogP contribution in [0.5, 0.6) is 0 Å². The van der Waals surface area contributed by atoms with E-state index in [-0.39, 0.29) is 5.69 Å². The summed E-state index contributed by atoms with van der Waals surface area (Å²) in [4.78, 5) is 28.5. The third kappa shape index (κ3) is 5.78. The molecule has 0 N–H and O–H groups in total. The highest BCUT2D eigenvalue weighted by Gasteiger charge is 2.17. The number of fused-ring (bicyclic) bond motifs is 1. The molecule has 0 unspecified atom stereocenters. The molecule has 0 bridgehead atoms. The average Bonchev–Trinajstić information content (AvgIpc) is 3.52. The van der Waals surface area contributed by atoms with E-state index in [0.717, 1.165) is 61.4 Å². The SMILES string of the molecule is O=c1n(-c2ccccc2)c2ccc(-c3ccc(-c4ccc(-c5nc(-c6ccccc6)nc(-c6ccccc6)n5)cc4)cc3)cc2n1-c1ccccc1. The van der Waals surface area contributed by atoms with Crippen molar-refractivity contribution in [3.8, 4) is 67.8 Å². The molecule has 0 aliphatic rings. The smallest absolute Gasteiger partial charge is 0.260 e. The number of aromatic nitrogens is 5. The van der Waals surface area contributed by atoms with Crippen molar-refractivity contribution < 1.29 is 0 Å². The molecule has 0 fully saturated rings. The van der Waals surface area contributed by atoms with E-state index in [1.54, 1.807) is 9.13 Å². The first-order chi connectivity index (χ1) is 25.7. The van der Waals surface area contributed by atoms with Crippen LogP contribution in [0.2, 0.25) is 0 Å². The Labute approximate surface area is 300 Å². The Bertz CT molecular complexity index is 2650. The monoisotopic (exact) mass is 669 g/mol. The third-order valence-corrected chi connectivity index (χ3v) is 9.26. The zero-order valence-electron chi connectivity index (χ0n) is 28.0. The van der Waals surface area contributed by atoms with E-state index in [1.807, 2.05) is 127 Å². The first kappa shape index (κ1) is 30.8. The van der Waals surface area contributed by atoms with Gasteiger partial charge in [-0.15, -0.1) is 0 Å². The molecule has 9 rings (SSSR count). The van der Waals surface area contributed by atoms with Crippen molar-refractivity contribution in [1.82, 2.24) is 24.1 Å². The minimum Gasteiger partial charge on any atom is -0.260 e. The van der Waals surface area contributed by atoms with Crippen molar-refractivity contribution >= 4 is 11.0 Å². The van der Waals surface area contributed by atoms with Gasteiger partial charge in [0.2, 0.25) is 0 Å². The van der Waals surface area contributed by atoms with Gasteiger partial charge in [0, 0.05) is 16.7 Å². The molecule has 7 aromatic carbocycles. The molecule has 0 aliphatic carbocycles. The summed E-state index contributed by atoms with van der Waals surface area (Å²) in [7, 11) is 0. The minimum absolute atomic E-state index is 0.104. The van der Waals surface area contributed by atoms with Gasteiger partial charge >= 0.3 is 5.69 Å². The van der Waals surface area contributed by atoms with Gasteiger partial charge in [0.25, 0.3) is 0 Å². The van der Waals surface area contributed by atoms with Gasteiger partial charge in [0.15, 0.2) is 17.5 Å².